The molecule has 0 radical (unpaired) electrons. The van der Waals surface area contributed by atoms with Gasteiger partial charge in [-0.15, -0.1) is 11.3 Å². The molecule has 3 nitrogen and oxygen atoms in total. The molecule has 1 aliphatic rings. The third kappa shape index (κ3) is 2.11. The molecule has 0 amide bonds. The van der Waals surface area contributed by atoms with E-state index in [0.29, 0.717) is 5.02 Å². The maximum absolute atomic E-state index is 13.1. The van der Waals surface area contributed by atoms with Crippen LogP contribution in [0.5, 0.6) is 0 Å². The van der Waals surface area contributed by atoms with E-state index in [1.54, 1.807) is 28.0 Å². The van der Waals surface area contributed by atoms with Gasteiger partial charge in [0.1, 0.15) is 4.83 Å². The van der Waals surface area contributed by atoms with Gasteiger partial charge in [-0.05, 0) is 55.3 Å². The van der Waals surface area contributed by atoms with Gasteiger partial charge >= 0.3 is 0 Å². The Hall–Kier alpha value is -1.30. The van der Waals surface area contributed by atoms with Crippen LogP contribution in [0.2, 0.25) is 5.02 Å². The topological polar surface area (TPSA) is 34.9 Å². The molecule has 112 valence electrons. The van der Waals surface area contributed by atoms with Gasteiger partial charge in [0, 0.05) is 9.90 Å². The highest BCUT2D eigenvalue weighted by Gasteiger charge is 2.23. The summed E-state index contributed by atoms with van der Waals surface area (Å²) in [5.41, 5.74) is 2.06. The Morgan fingerprint density at radius 1 is 1.27 bits per heavy atom. The average molecular weight is 349 g/mol. The van der Waals surface area contributed by atoms with E-state index in [9.17, 15) is 4.79 Å². The van der Waals surface area contributed by atoms with Gasteiger partial charge in [0.25, 0.3) is 5.56 Å². The molecule has 1 aliphatic carbocycles. The molecular weight excluding hydrogens is 336 g/mol. The summed E-state index contributed by atoms with van der Waals surface area (Å²) < 4.78 is 1.70. The molecule has 0 spiro atoms. The summed E-state index contributed by atoms with van der Waals surface area (Å²) >= 11 is 9.13. The Morgan fingerprint density at radius 2 is 2.05 bits per heavy atom. The Kier molecular flexibility index (Phi) is 3.51. The minimum absolute atomic E-state index is 0.0380. The van der Waals surface area contributed by atoms with E-state index < -0.39 is 0 Å². The Labute approximate surface area is 141 Å². The van der Waals surface area contributed by atoms with Crippen LogP contribution in [0.15, 0.2) is 34.2 Å². The van der Waals surface area contributed by atoms with Crippen molar-refractivity contribution in [3.63, 3.8) is 0 Å². The summed E-state index contributed by atoms with van der Waals surface area (Å²) in [6.07, 6.45) is 5.15. The summed E-state index contributed by atoms with van der Waals surface area (Å²) in [6.45, 7) is 0. The highest BCUT2D eigenvalue weighted by atomic mass is 35.5. The van der Waals surface area contributed by atoms with Crippen molar-refractivity contribution >= 4 is 44.9 Å². The maximum Gasteiger partial charge on any atom is 0.267 e. The number of thioether (sulfide) groups is 1. The number of rotatable bonds is 2. The van der Waals surface area contributed by atoms with Crippen LogP contribution in [0.25, 0.3) is 15.9 Å². The maximum atomic E-state index is 13.1. The molecule has 0 aliphatic heterocycles. The van der Waals surface area contributed by atoms with Gasteiger partial charge in [-0.1, -0.05) is 23.4 Å². The zero-order valence-corrected chi connectivity index (χ0v) is 14.3. The lowest BCUT2D eigenvalue weighted by molar-refractivity contribution is 0.822. The fraction of sp³-hybridized carbons (Fsp3) is 0.250. The van der Waals surface area contributed by atoms with E-state index in [0.717, 1.165) is 40.3 Å². The van der Waals surface area contributed by atoms with Crippen LogP contribution in [0.3, 0.4) is 0 Å². The summed E-state index contributed by atoms with van der Waals surface area (Å²) in [5, 5.41) is 2.19. The predicted octanol–water partition coefficient (Wildman–Crippen LogP) is 4.31. The lowest BCUT2D eigenvalue weighted by atomic mass is 10.2. The van der Waals surface area contributed by atoms with Gasteiger partial charge in [-0.3, -0.25) is 9.36 Å². The second kappa shape index (κ2) is 5.41. The first-order valence-corrected chi connectivity index (χ1v) is 9.48. The Morgan fingerprint density at radius 3 is 2.77 bits per heavy atom. The first kappa shape index (κ1) is 14.3. The van der Waals surface area contributed by atoms with Crippen molar-refractivity contribution in [2.75, 3.05) is 6.26 Å². The van der Waals surface area contributed by atoms with Gasteiger partial charge in [0.15, 0.2) is 5.16 Å². The molecule has 1 aromatic carbocycles. The van der Waals surface area contributed by atoms with Crippen LogP contribution in [0.1, 0.15) is 16.9 Å². The lowest BCUT2D eigenvalue weighted by Crippen LogP contribution is -2.21. The molecule has 0 N–H and O–H groups in total. The zero-order chi connectivity index (χ0) is 15.3. The third-order valence-electron chi connectivity index (χ3n) is 3.98. The molecule has 0 saturated carbocycles. The van der Waals surface area contributed by atoms with E-state index in [2.05, 4.69) is 0 Å². The minimum atomic E-state index is 0.0380. The van der Waals surface area contributed by atoms with Crippen molar-refractivity contribution in [3.8, 4) is 5.69 Å². The molecule has 0 atom stereocenters. The SMILES string of the molecule is CSc1nc2sc3c(c2c(=O)n1-c1ccc(Cl)cc1)CCC3. The fourth-order valence-electron chi connectivity index (χ4n) is 2.98. The largest absolute Gasteiger partial charge is 0.268 e. The summed E-state index contributed by atoms with van der Waals surface area (Å²) in [5.74, 6) is 0. The molecule has 0 unspecified atom stereocenters. The standard InChI is InChI=1S/C16H13ClN2OS2/c1-21-16-18-14-13(11-3-2-4-12(11)22-14)15(20)19(16)10-7-5-9(17)6-8-10/h5-8H,2-4H2,1H3. The molecule has 0 fully saturated rings. The van der Waals surface area contributed by atoms with Gasteiger partial charge in [0.2, 0.25) is 0 Å². The highest BCUT2D eigenvalue weighted by molar-refractivity contribution is 7.98. The van der Waals surface area contributed by atoms with Crippen LogP contribution in [0, 0.1) is 0 Å². The lowest BCUT2D eigenvalue weighted by Gasteiger charge is -2.11. The van der Waals surface area contributed by atoms with Gasteiger partial charge in [-0.25, -0.2) is 4.98 Å². The predicted molar refractivity (Wildman–Crippen MR) is 94.0 cm³/mol. The van der Waals surface area contributed by atoms with Crippen LogP contribution in [-0.2, 0) is 12.8 Å². The monoisotopic (exact) mass is 348 g/mol. The van der Waals surface area contributed by atoms with E-state index >= 15 is 0 Å². The molecule has 2 heterocycles. The number of hydrogen-bond acceptors (Lipinski definition) is 4. The zero-order valence-electron chi connectivity index (χ0n) is 11.9. The van der Waals surface area contributed by atoms with Gasteiger partial charge in [-0.2, -0.15) is 0 Å². The summed E-state index contributed by atoms with van der Waals surface area (Å²) in [4.78, 5) is 20.0. The van der Waals surface area contributed by atoms with Crippen molar-refractivity contribution in [1.29, 1.82) is 0 Å². The smallest absolute Gasteiger partial charge is 0.267 e. The first-order valence-electron chi connectivity index (χ1n) is 7.06. The van der Waals surface area contributed by atoms with Crippen molar-refractivity contribution in [3.05, 3.63) is 50.1 Å². The Balaban J connectivity index is 2.06. The molecule has 0 bridgehead atoms. The summed E-state index contributed by atoms with van der Waals surface area (Å²) in [7, 11) is 0. The molecule has 22 heavy (non-hydrogen) atoms. The first-order chi connectivity index (χ1) is 10.7. The molecule has 6 heteroatoms. The number of aryl methyl sites for hydroxylation is 2. The molecular formula is C16H13ClN2OS2. The number of fused-ring (bicyclic) bond motifs is 3. The van der Waals surface area contributed by atoms with Crippen molar-refractivity contribution < 1.29 is 0 Å². The molecule has 2 aromatic heterocycles. The van der Waals surface area contributed by atoms with Crippen LogP contribution in [0.4, 0.5) is 0 Å². The number of nitrogens with zero attached hydrogens (tertiary/aromatic N) is 2. The molecule has 4 rings (SSSR count). The third-order valence-corrected chi connectivity index (χ3v) is 6.05. The van der Waals surface area contributed by atoms with E-state index in [1.165, 1.54) is 22.2 Å². The number of benzene rings is 1. The summed E-state index contributed by atoms with van der Waals surface area (Å²) in [6, 6.07) is 7.33. The van der Waals surface area contributed by atoms with Crippen molar-refractivity contribution in [2.24, 2.45) is 0 Å². The van der Waals surface area contributed by atoms with Crippen molar-refractivity contribution in [1.82, 2.24) is 9.55 Å². The minimum Gasteiger partial charge on any atom is -0.268 e. The normalized spacial score (nSPS) is 13.7. The average Bonchev–Trinajstić information content (AvgIpc) is 3.08. The second-order valence-corrected chi connectivity index (χ2v) is 7.55. The number of aromatic nitrogens is 2. The number of hydrogen-bond donors (Lipinski definition) is 0. The van der Waals surface area contributed by atoms with Crippen molar-refractivity contribution in [2.45, 2.75) is 24.4 Å². The number of halogens is 1. The van der Waals surface area contributed by atoms with E-state index in [-0.39, 0.29) is 5.56 Å². The van der Waals surface area contributed by atoms with E-state index in [4.69, 9.17) is 16.6 Å². The van der Waals surface area contributed by atoms with Crippen LogP contribution < -0.4 is 5.56 Å². The number of thiophene rings is 1. The second-order valence-electron chi connectivity index (χ2n) is 5.25. The fourth-order valence-corrected chi connectivity index (χ4v) is 4.97. The van der Waals surface area contributed by atoms with Gasteiger partial charge in [0.05, 0.1) is 11.1 Å². The van der Waals surface area contributed by atoms with E-state index in [1.807, 2.05) is 18.4 Å². The Bertz CT molecular complexity index is 928. The van der Waals surface area contributed by atoms with Crippen LogP contribution >= 0.6 is 34.7 Å². The van der Waals surface area contributed by atoms with Crippen LogP contribution in [-0.4, -0.2) is 15.8 Å². The highest BCUT2D eigenvalue weighted by Crippen LogP contribution is 2.35. The van der Waals surface area contributed by atoms with Gasteiger partial charge < -0.3 is 0 Å². The quantitative estimate of drug-likeness (QED) is 0.511. The molecule has 3 aromatic rings. The molecule has 0 saturated heterocycles.